The molecule has 3 rings (SSSR count). The minimum atomic E-state index is -1.10. The maximum absolute atomic E-state index is 13.4. The van der Waals surface area contributed by atoms with Crippen LogP contribution in [0.3, 0.4) is 0 Å². The lowest BCUT2D eigenvalue weighted by molar-refractivity contribution is -0.155. The van der Waals surface area contributed by atoms with Crippen LogP contribution in [0, 0.1) is 17.0 Å². The van der Waals surface area contributed by atoms with Gasteiger partial charge < -0.3 is 5.11 Å². The predicted octanol–water partition coefficient (Wildman–Crippen LogP) is 4.42. The summed E-state index contributed by atoms with van der Waals surface area (Å²) >= 11 is 0. The molecule has 1 N–H and O–H groups in total. The van der Waals surface area contributed by atoms with Gasteiger partial charge in [0, 0.05) is 6.07 Å². The lowest BCUT2D eigenvalue weighted by Crippen LogP contribution is -2.54. The molecule has 0 bridgehead atoms. The van der Waals surface area contributed by atoms with Gasteiger partial charge in [0.2, 0.25) is 0 Å². The van der Waals surface area contributed by atoms with Crippen molar-refractivity contribution < 1.29 is 18.7 Å². The van der Waals surface area contributed by atoms with E-state index in [0.29, 0.717) is 12.8 Å². The Morgan fingerprint density at radius 1 is 0.952 bits per heavy atom. The monoisotopic (exact) mass is 294 g/mol. The Morgan fingerprint density at radius 2 is 1.48 bits per heavy atom. The van der Waals surface area contributed by atoms with Crippen LogP contribution in [0.5, 0.6) is 0 Å². The standard InChI is InChI=1S/C17H20F2O2/c18-13-7-12(8-14(19)9-13)17(15(20)21)10-16(11-17)5-3-1-2-4-6-16/h7-9H,1-6,10-11H2,(H,20,21). The molecule has 1 aromatic carbocycles. The number of hydrogen-bond donors (Lipinski definition) is 1. The van der Waals surface area contributed by atoms with Crippen molar-refractivity contribution in [1.29, 1.82) is 0 Å². The first kappa shape index (κ1) is 14.5. The van der Waals surface area contributed by atoms with E-state index >= 15 is 0 Å². The van der Waals surface area contributed by atoms with Gasteiger partial charge in [0.05, 0.1) is 5.41 Å². The summed E-state index contributed by atoms with van der Waals surface area (Å²) in [5.74, 6) is -2.36. The van der Waals surface area contributed by atoms with Gasteiger partial charge in [-0.15, -0.1) is 0 Å². The highest BCUT2D eigenvalue weighted by molar-refractivity contribution is 5.83. The van der Waals surface area contributed by atoms with E-state index in [9.17, 15) is 18.7 Å². The Balaban J connectivity index is 1.91. The molecular formula is C17H20F2O2. The number of aliphatic carboxylic acids is 1. The molecule has 0 heterocycles. The SMILES string of the molecule is O=C(O)C1(c2cc(F)cc(F)c2)CC2(CCCCCC2)C1. The lowest BCUT2D eigenvalue weighted by Gasteiger charge is -2.54. The second-order valence-corrected chi connectivity index (χ2v) is 6.81. The third kappa shape index (κ3) is 2.45. The summed E-state index contributed by atoms with van der Waals surface area (Å²) in [5, 5.41) is 9.66. The fraction of sp³-hybridized carbons (Fsp3) is 0.588. The van der Waals surface area contributed by atoms with Crippen LogP contribution < -0.4 is 0 Å². The second-order valence-electron chi connectivity index (χ2n) is 6.81. The largest absolute Gasteiger partial charge is 0.481 e. The highest BCUT2D eigenvalue weighted by Gasteiger charge is 2.59. The smallest absolute Gasteiger partial charge is 0.314 e. The molecule has 2 saturated carbocycles. The number of hydrogen-bond acceptors (Lipinski definition) is 1. The second kappa shape index (κ2) is 5.08. The zero-order chi connectivity index (χ0) is 15.1. The molecular weight excluding hydrogens is 274 g/mol. The number of halogens is 2. The molecule has 0 unspecified atom stereocenters. The van der Waals surface area contributed by atoms with Gasteiger partial charge in [0.15, 0.2) is 0 Å². The van der Waals surface area contributed by atoms with Crippen LogP contribution in [0.25, 0.3) is 0 Å². The van der Waals surface area contributed by atoms with Gasteiger partial charge in [-0.1, -0.05) is 25.7 Å². The Bertz CT molecular complexity index is 532. The third-order valence-corrected chi connectivity index (χ3v) is 5.34. The molecule has 114 valence electrons. The van der Waals surface area contributed by atoms with Crippen molar-refractivity contribution in [2.45, 2.75) is 56.8 Å². The maximum atomic E-state index is 13.4. The highest BCUT2D eigenvalue weighted by Crippen LogP contribution is 2.61. The molecule has 0 aliphatic heterocycles. The molecule has 1 spiro atoms. The van der Waals surface area contributed by atoms with Crippen molar-refractivity contribution in [3.63, 3.8) is 0 Å². The zero-order valence-electron chi connectivity index (χ0n) is 12.0. The quantitative estimate of drug-likeness (QED) is 0.876. The van der Waals surface area contributed by atoms with Crippen molar-refractivity contribution in [1.82, 2.24) is 0 Å². The van der Waals surface area contributed by atoms with Gasteiger partial charge in [-0.25, -0.2) is 8.78 Å². The van der Waals surface area contributed by atoms with E-state index in [4.69, 9.17) is 0 Å². The molecule has 1 aromatic rings. The first-order chi connectivity index (χ1) is 9.96. The predicted molar refractivity (Wildman–Crippen MR) is 75.0 cm³/mol. The first-order valence-corrected chi connectivity index (χ1v) is 7.66. The molecule has 0 aromatic heterocycles. The topological polar surface area (TPSA) is 37.3 Å². The molecule has 21 heavy (non-hydrogen) atoms. The van der Waals surface area contributed by atoms with E-state index in [1.54, 1.807) is 0 Å². The normalized spacial score (nSPS) is 23.3. The van der Waals surface area contributed by atoms with E-state index in [1.807, 2.05) is 0 Å². The van der Waals surface area contributed by atoms with Crippen LogP contribution in [-0.2, 0) is 10.2 Å². The Hall–Kier alpha value is -1.45. The highest BCUT2D eigenvalue weighted by atomic mass is 19.1. The fourth-order valence-corrected chi connectivity index (χ4v) is 4.37. The molecule has 0 saturated heterocycles. The molecule has 0 radical (unpaired) electrons. The summed E-state index contributed by atoms with van der Waals surface area (Å²) in [4.78, 5) is 11.8. The van der Waals surface area contributed by atoms with Crippen LogP contribution in [0.2, 0.25) is 0 Å². The Morgan fingerprint density at radius 3 is 1.95 bits per heavy atom. The van der Waals surface area contributed by atoms with E-state index in [2.05, 4.69) is 0 Å². The van der Waals surface area contributed by atoms with Gasteiger partial charge in [0.1, 0.15) is 11.6 Å². The van der Waals surface area contributed by atoms with Crippen LogP contribution in [0.15, 0.2) is 18.2 Å². The number of carboxylic acids is 1. The van der Waals surface area contributed by atoms with Crippen LogP contribution >= 0.6 is 0 Å². The minimum absolute atomic E-state index is 0.0671. The third-order valence-electron chi connectivity index (χ3n) is 5.34. The van der Waals surface area contributed by atoms with Gasteiger partial charge >= 0.3 is 5.97 Å². The van der Waals surface area contributed by atoms with Gasteiger partial charge in [-0.2, -0.15) is 0 Å². The first-order valence-electron chi connectivity index (χ1n) is 7.66. The van der Waals surface area contributed by atoms with Gasteiger partial charge in [-0.3, -0.25) is 4.79 Å². The van der Waals surface area contributed by atoms with E-state index in [0.717, 1.165) is 31.7 Å². The molecule has 4 heteroatoms. The van der Waals surface area contributed by atoms with E-state index < -0.39 is 23.0 Å². The summed E-state index contributed by atoms with van der Waals surface area (Å²) in [5.41, 5.74) is -0.757. The summed E-state index contributed by atoms with van der Waals surface area (Å²) in [6, 6.07) is 3.15. The van der Waals surface area contributed by atoms with Crippen molar-refractivity contribution in [2.24, 2.45) is 5.41 Å². The minimum Gasteiger partial charge on any atom is -0.481 e. The zero-order valence-corrected chi connectivity index (χ0v) is 12.0. The van der Waals surface area contributed by atoms with Crippen molar-refractivity contribution in [3.05, 3.63) is 35.4 Å². The molecule has 0 atom stereocenters. The van der Waals surface area contributed by atoms with Gasteiger partial charge in [0.25, 0.3) is 0 Å². The van der Waals surface area contributed by atoms with Crippen molar-refractivity contribution >= 4 is 5.97 Å². The van der Waals surface area contributed by atoms with Crippen LogP contribution in [-0.4, -0.2) is 11.1 Å². The maximum Gasteiger partial charge on any atom is 0.314 e. The van der Waals surface area contributed by atoms with Crippen molar-refractivity contribution in [2.75, 3.05) is 0 Å². The lowest BCUT2D eigenvalue weighted by atomic mass is 9.48. The number of benzene rings is 1. The summed E-state index contributed by atoms with van der Waals surface area (Å²) in [6.45, 7) is 0. The van der Waals surface area contributed by atoms with E-state index in [1.165, 1.54) is 25.0 Å². The Labute approximate surface area is 123 Å². The average molecular weight is 294 g/mol. The number of carboxylic acid groups (broad SMARTS) is 1. The van der Waals surface area contributed by atoms with Crippen LogP contribution in [0.4, 0.5) is 8.78 Å². The van der Waals surface area contributed by atoms with Crippen molar-refractivity contribution in [3.8, 4) is 0 Å². The Kier molecular flexibility index (Phi) is 3.50. The number of rotatable bonds is 2. The summed E-state index contributed by atoms with van der Waals surface area (Å²) < 4.78 is 26.9. The number of carbonyl (C=O) groups is 1. The van der Waals surface area contributed by atoms with Gasteiger partial charge in [-0.05, 0) is 48.8 Å². The fourth-order valence-electron chi connectivity index (χ4n) is 4.37. The average Bonchev–Trinajstić information content (AvgIpc) is 2.60. The molecule has 2 fully saturated rings. The molecule has 2 nitrogen and oxygen atoms in total. The molecule has 0 amide bonds. The summed E-state index contributed by atoms with van der Waals surface area (Å²) in [7, 11) is 0. The summed E-state index contributed by atoms with van der Waals surface area (Å²) in [6.07, 6.45) is 7.78. The van der Waals surface area contributed by atoms with Crippen LogP contribution in [0.1, 0.15) is 56.9 Å². The molecule has 2 aliphatic carbocycles. The molecule has 2 aliphatic rings. The van der Waals surface area contributed by atoms with E-state index in [-0.39, 0.29) is 11.0 Å².